The van der Waals surface area contributed by atoms with Crippen LogP contribution < -0.4 is 9.47 Å². The molecule has 162 valence electrons. The van der Waals surface area contributed by atoms with Crippen molar-refractivity contribution in [2.75, 3.05) is 0 Å². The second kappa shape index (κ2) is 8.02. The van der Waals surface area contributed by atoms with Crippen molar-refractivity contribution in [1.82, 2.24) is 0 Å². The molecule has 0 unspecified atom stereocenters. The molecule has 0 atom stereocenters. The first-order chi connectivity index (χ1) is 13.8. The van der Waals surface area contributed by atoms with Gasteiger partial charge in [-0.25, -0.2) is 4.79 Å². The van der Waals surface area contributed by atoms with Gasteiger partial charge in [-0.15, -0.1) is 13.2 Å². The number of hydrogen-bond donors (Lipinski definition) is 0. The largest absolute Gasteiger partial charge is 0.573 e. The van der Waals surface area contributed by atoms with E-state index >= 15 is 0 Å². The predicted octanol–water partition coefficient (Wildman–Crippen LogP) is 7.17. The number of ether oxygens (including phenoxy) is 3. The lowest BCUT2D eigenvalue weighted by Gasteiger charge is -2.22. The standard InChI is InChI=1S/C22H22ClF3O4/c1-12-15(13-5-6-13)8-10-18(19(12)20(27)30-21(2,3)4)28-17-9-7-14(11-16(17)23)29-22(24,25)26/h7-11,13H,5-6H2,1-4H3. The number of esters is 1. The Morgan fingerprint density at radius 2 is 1.70 bits per heavy atom. The quantitative estimate of drug-likeness (QED) is 0.460. The van der Waals surface area contributed by atoms with E-state index in [4.69, 9.17) is 21.1 Å². The topological polar surface area (TPSA) is 44.8 Å². The Hall–Kier alpha value is -2.41. The normalized spacial score (nSPS) is 14.4. The van der Waals surface area contributed by atoms with E-state index < -0.39 is 23.7 Å². The number of carbonyl (C=O) groups excluding carboxylic acids is 1. The average Bonchev–Trinajstić information content (AvgIpc) is 3.39. The zero-order chi connectivity index (χ0) is 22.3. The maximum atomic E-state index is 12.9. The van der Waals surface area contributed by atoms with Crippen LogP contribution in [0.5, 0.6) is 17.2 Å². The molecule has 0 radical (unpaired) electrons. The van der Waals surface area contributed by atoms with Crippen molar-refractivity contribution in [2.24, 2.45) is 0 Å². The lowest BCUT2D eigenvalue weighted by molar-refractivity contribution is -0.274. The van der Waals surface area contributed by atoms with Gasteiger partial charge in [-0.1, -0.05) is 17.7 Å². The molecule has 1 fully saturated rings. The van der Waals surface area contributed by atoms with Gasteiger partial charge in [0.15, 0.2) is 0 Å². The summed E-state index contributed by atoms with van der Waals surface area (Å²) in [5.41, 5.74) is 1.39. The second-order valence-electron chi connectivity index (χ2n) is 8.17. The van der Waals surface area contributed by atoms with E-state index in [0.29, 0.717) is 5.92 Å². The molecule has 1 aliphatic carbocycles. The van der Waals surface area contributed by atoms with Crippen molar-refractivity contribution in [3.63, 3.8) is 0 Å². The van der Waals surface area contributed by atoms with Crippen LogP contribution in [0.2, 0.25) is 5.02 Å². The maximum Gasteiger partial charge on any atom is 0.573 e. The van der Waals surface area contributed by atoms with Crippen LogP contribution in [0.25, 0.3) is 0 Å². The minimum Gasteiger partial charge on any atom is -0.456 e. The molecule has 1 aliphatic rings. The zero-order valence-corrected chi connectivity index (χ0v) is 17.8. The fraction of sp³-hybridized carbons (Fsp3) is 0.409. The van der Waals surface area contributed by atoms with Gasteiger partial charge in [0.05, 0.1) is 5.02 Å². The summed E-state index contributed by atoms with van der Waals surface area (Å²) in [4.78, 5) is 12.9. The first kappa shape index (κ1) is 22.3. The molecule has 2 aromatic rings. The van der Waals surface area contributed by atoms with Crippen LogP contribution in [0.1, 0.15) is 61.0 Å². The van der Waals surface area contributed by atoms with E-state index in [-0.39, 0.29) is 22.1 Å². The Kier molecular flexibility index (Phi) is 5.96. The highest BCUT2D eigenvalue weighted by Gasteiger charge is 2.32. The van der Waals surface area contributed by atoms with Crippen LogP contribution in [0.3, 0.4) is 0 Å². The molecule has 8 heteroatoms. The Morgan fingerprint density at radius 3 is 2.23 bits per heavy atom. The van der Waals surface area contributed by atoms with Crippen molar-refractivity contribution < 1.29 is 32.2 Å². The van der Waals surface area contributed by atoms with Crippen molar-refractivity contribution in [3.8, 4) is 17.2 Å². The highest BCUT2D eigenvalue weighted by Crippen LogP contribution is 2.45. The van der Waals surface area contributed by atoms with Gasteiger partial charge in [-0.05, 0) is 75.8 Å². The van der Waals surface area contributed by atoms with Gasteiger partial charge in [0.1, 0.15) is 28.4 Å². The highest BCUT2D eigenvalue weighted by atomic mass is 35.5. The van der Waals surface area contributed by atoms with E-state index in [9.17, 15) is 18.0 Å². The molecular formula is C22H22ClF3O4. The Morgan fingerprint density at radius 1 is 1.07 bits per heavy atom. The third kappa shape index (κ3) is 5.59. The minimum atomic E-state index is -4.83. The van der Waals surface area contributed by atoms with E-state index in [0.717, 1.165) is 36.1 Å². The Balaban J connectivity index is 1.95. The van der Waals surface area contributed by atoms with Gasteiger partial charge < -0.3 is 14.2 Å². The van der Waals surface area contributed by atoms with Gasteiger partial charge in [0.2, 0.25) is 0 Å². The lowest BCUT2D eigenvalue weighted by Crippen LogP contribution is -2.25. The molecule has 0 saturated heterocycles. The molecule has 30 heavy (non-hydrogen) atoms. The summed E-state index contributed by atoms with van der Waals surface area (Å²) >= 11 is 6.09. The van der Waals surface area contributed by atoms with Gasteiger partial charge in [-0.2, -0.15) is 0 Å². The fourth-order valence-corrected chi connectivity index (χ4v) is 3.30. The van der Waals surface area contributed by atoms with E-state index in [1.165, 1.54) is 6.07 Å². The zero-order valence-electron chi connectivity index (χ0n) is 17.0. The molecule has 0 heterocycles. The van der Waals surface area contributed by atoms with E-state index in [1.54, 1.807) is 26.8 Å². The van der Waals surface area contributed by atoms with Crippen molar-refractivity contribution in [2.45, 2.75) is 58.4 Å². The number of rotatable bonds is 5. The monoisotopic (exact) mass is 442 g/mol. The molecule has 2 aromatic carbocycles. The minimum absolute atomic E-state index is 0.0872. The summed E-state index contributed by atoms with van der Waals surface area (Å²) in [6, 6.07) is 6.91. The summed E-state index contributed by atoms with van der Waals surface area (Å²) < 4.78 is 52.4. The SMILES string of the molecule is Cc1c(C2CC2)ccc(Oc2ccc(OC(F)(F)F)cc2Cl)c1C(=O)OC(C)(C)C. The van der Waals surface area contributed by atoms with E-state index in [2.05, 4.69) is 4.74 Å². The fourth-order valence-electron chi connectivity index (χ4n) is 3.09. The second-order valence-corrected chi connectivity index (χ2v) is 8.58. The van der Waals surface area contributed by atoms with Crippen molar-refractivity contribution >= 4 is 17.6 Å². The van der Waals surface area contributed by atoms with E-state index in [1.807, 2.05) is 13.0 Å². The van der Waals surface area contributed by atoms with Crippen molar-refractivity contribution in [1.29, 1.82) is 0 Å². The molecule has 4 nitrogen and oxygen atoms in total. The molecule has 0 aliphatic heterocycles. The van der Waals surface area contributed by atoms with Gasteiger partial charge in [0.25, 0.3) is 0 Å². The Bertz CT molecular complexity index is 960. The van der Waals surface area contributed by atoms with Crippen LogP contribution in [0.4, 0.5) is 13.2 Å². The van der Waals surface area contributed by atoms with Crippen LogP contribution in [0, 0.1) is 6.92 Å². The van der Waals surface area contributed by atoms with Crippen LogP contribution in [-0.2, 0) is 4.74 Å². The van der Waals surface area contributed by atoms with Gasteiger partial charge >= 0.3 is 12.3 Å². The predicted molar refractivity (Wildman–Crippen MR) is 107 cm³/mol. The highest BCUT2D eigenvalue weighted by molar-refractivity contribution is 6.32. The van der Waals surface area contributed by atoms with Gasteiger partial charge in [0, 0.05) is 6.07 Å². The molecular weight excluding hydrogens is 421 g/mol. The number of halogens is 4. The average molecular weight is 443 g/mol. The summed E-state index contributed by atoms with van der Waals surface area (Å²) in [7, 11) is 0. The molecule has 0 bridgehead atoms. The third-order valence-corrected chi connectivity index (χ3v) is 4.74. The smallest absolute Gasteiger partial charge is 0.456 e. The number of hydrogen-bond acceptors (Lipinski definition) is 4. The maximum absolute atomic E-state index is 12.9. The lowest BCUT2D eigenvalue weighted by atomic mass is 9.97. The summed E-state index contributed by atoms with van der Waals surface area (Å²) in [5, 5.41) is -0.0872. The number of benzene rings is 2. The number of carbonyl (C=O) groups is 1. The van der Waals surface area contributed by atoms with Crippen LogP contribution in [-0.4, -0.2) is 17.9 Å². The Labute approximate surface area is 177 Å². The molecule has 0 aromatic heterocycles. The number of alkyl halides is 3. The molecule has 1 saturated carbocycles. The molecule has 0 amide bonds. The van der Waals surface area contributed by atoms with Gasteiger partial charge in [-0.3, -0.25) is 0 Å². The van der Waals surface area contributed by atoms with Crippen molar-refractivity contribution in [3.05, 3.63) is 52.0 Å². The molecule has 0 spiro atoms. The van der Waals surface area contributed by atoms with Crippen LogP contribution >= 0.6 is 11.6 Å². The summed E-state index contributed by atoms with van der Waals surface area (Å²) in [6.45, 7) is 7.13. The summed E-state index contributed by atoms with van der Waals surface area (Å²) in [5.74, 6) is -0.284. The summed E-state index contributed by atoms with van der Waals surface area (Å²) in [6.07, 6.45) is -2.71. The first-order valence-corrected chi connectivity index (χ1v) is 9.82. The van der Waals surface area contributed by atoms with Crippen LogP contribution in [0.15, 0.2) is 30.3 Å². The third-order valence-electron chi connectivity index (χ3n) is 4.45. The molecule has 0 N–H and O–H groups in total. The first-order valence-electron chi connectivity index (χ1n) is 9.44. The molecule has 3 rings (SSSR count).